The quantitative estimate of drug-likeness (QED) is 0.537. The third-order valence-electron chi connectivity index (χ3n) is 1.86. The van der Waals surface area contributed by atoms with Crippen LogP contribution in [0.4, 0.5) is 13.2 Å². The molecule has 0 nitrogen and oxygen atoms in total. The number of alkyl halides is 3. The van der Waals surface area contributed by atoms with Crippen molar-refractivity contribution in [3.05, 3.63) is 35.4 Å². The maximum absolute atomic E-state index is 12.2. The molecule has 0 unspecified atom stereocenters. The van der Waals surface area contributed by atoms with E-state index in [0.717, 1.165) is 12.1 Å². The van der Waals surface area contributed by atoms with Gasteiger partial charge in [0.2, 0.25) is 0 Å². The van der Waals surface area contributed by atoms with Crippen LogP contribution in [0.15, 0.2) is 24.3 Å². The number of hydrogen-bond donors (Lipinski definition) is 0. The highest BCUT2D eigenvalue weighted by atomic mass is 32.1. The molecule has 0 atom stereocenters. The summed E-state index contributed by atoms with van der Waals surface area (Å²) in [5.41, 5.74) is 0.0515. The number of halogens is 3. The largest absolute Gasteiger partial charge is 0.416 e. The van der Waals surface area contributed by atoms with Gasteiger partial charge in [-0.05, 0) is 24.1 Å². The van der Waals surface area contributed by atoms with Gasteiger partial charge in [-0.3, -0.25) is 0 Å². The average molecular weight is 218 g/mol. The van der Waals surface area contributed by atoms with E-state index in [4.69, 9.17) is 12.2 Å². The molecule has 0 bridgehead atoms. The summed E-state index contributed by atoms with van der Waals surface area (Å²) < 4.78 is 36.5. The lowest BCUT2D eigenvalue weighted by atomic mass is 10.1. The third-order valence-corrected chi connectivity index (χ3v) is 2.38. The first-order valence-electron chi connectivity index (χ1n) is 4.15. The van der Waals surface area contributed by atoms with E-state index in [1.165, 1.54) is 12.1 Å². The Morgan fingerprint density at radius 3 is 2.07 bits per heavy atom. The van der Waals surface area contributed by atoms with Gasteiger partial charge in [0.05, 0.1) is 5.56 Å². The molecule has 0 saturated heterocycles. The molecule has 0 radical (unpaired) electrons. The van der Waals surface area contributed by atoms with Crippen molar-refractivity contribution >= 4 is 17.1 Å². The SMILES string of the molecule is CCC(=S)c1ccc(C(F)(F)F)cc1. The normalized spacial score (nSPS) is 11.4. The number of benzene rings is 1. The van der Waals surface area contributed by atoms with Crippen LogP contribution in [0.25, 0.3) is 0 Å². The zero-order valence-electron chi connectivity index (χ0n) is 7.56. The summed E-state index contributed by atoms with van der Waals surface area (Å²) in [6, 6.07) is 4.93. The fourth-order valence-electron chi connectivity index (χ4n) is 1.05. The Morgan fingerprint density at radius 1 is 1.21 bits per heavy atom. The summed E-state index contributed by atoms with van der Waals surface area (Å²) in [6.45, 7) is 1.88. The summed E-state index contributed by atoms with van der Waals surface area (Å²) >= 11 is 4.98. The lowest BCUT2D eigenvalue weighted by Crippen LogP contribution is -2.05. The Labute approximate surface area is 85.7 Å². The van der Waals surface area contributed by atoms with Crippen LogP contribution >= 0.6 is 12.2 Å². The molecule has 0 fully saturated rings. The molecule has 0 heterocycles. The van der Waals surface area contributed by atoms with Crippen LogP contribution in [0, 0.1) is 0 Å². The highest BCUT2D eigenvalue weighted by Gasteiger charge is 2.29. The molecule has 1 aromatic rings. The molecule has 0 aliphatic carbocycles. The second-order valence-electron chi connectivity index (χ2n) is 2.85. The van der Waals surface area contributed by atoms with Gasteiger partial charge in [0.1, 0.15) is 0 Å². The first-order chi connectivity index (χ1) is 6.45. The fourth-order valence-corrected chi connectivity index (χ4v) is 1.19. The van der Waals surface area contributed by atoms with Crippen molar-refractivity contribution in [3.8, 4) is 0 Å². The molecule has 14 heavy (non-hydrogen) atoms. The van der Waals surface area contributed by atoms with Crippen molar-refractivity contribution in [1.82, 2.24) is 0 Å². The van der Waals surface area contributed by atoms with E-state index < -0.39 is 11.7 Å². The number of hydrogen-bond acceptors (Lipinski definition) is 1. The summed E-state index contributed by atoms with van der Waals surface area (Å²) in [5.74, 6) is 0. The molecule has 0 aliphatic heterocycles. The van der Waals surface area contributed by atoms with Gasteiger partial charge in [-0.15, -0.1) is 0 Å². The molecule has 0 aromatic heterocycles. The van der Waals surface area contributed by atoms with Crippen LogP contribution < -0.4 is 0 Å². The lowest BCUT2D eigenvalue weighted by Gasteiger charge is -2.07. The maximum atomic E-state index is 12.2. The van der Waals surface area contributed by atoms with Crippen LogP contribution in [0.1, 0.15) is 24.5 Å². The molecule has 0 amide bonds. The van der Waals surface area contributed by atoms with Gasteiger partial charge in [0.25, 0.3) is 0 Å². The van der Waals surface area contributed by atoms with E-state index in [-0.39, 0.29) is 0 Å². The van der Waals surface area contributed by atoms with E-state index in [1.54, 1.807) is 0 Å². The zero-order valence-corrected chi connectivity index (χ0v) is 8.38. The third kappa shape index (κ3) is 2.54. The molecule has 1 aromatic carbocycles. The molecular weight excluding hydrogens is 209 g/mol. The molecule has 0 N–H and O–H groups in total. The van der Waals surface area contributed by atoms with Gasteiger partial charge in [0, 0.05) is 4.86 Å². The second kappa shape index (κ2) is 4.09. The van der Waals surface area contributed by atoms with E-state index in [2.05, 4.69) is 0 Å². The lowest BCUT2D eigenvalue weighted by molar-refractivity contribution is -0.137. The van der Waals surface area contributed by atoms with Gasteiger partial charge in [-0.25, -0.2) is 0 Å². The predicted octanol–water partition coefficient (Wildman–Crippen LogP) is 3.83. The van der Waals surface area contributed by atoms with Crippen molar-refractivity contribution < 1.29 is 13.2 Å². The zero-order chi connectivity index (χ0) is 10.8. The van der Waals surface area contributed by atoms with Crippen molar-refractivity contribution in [2.45, 2.75) is 19.5 Å². The summed E-state index contributed by atoms with van der Waals surface area (Å²) in [5, 5.41) is 0. The topological polar surface area (TPSA) is 0 Å². The Balaban J connectivity index is 2.95. The van der Waals surface area contributed by atoms with Gasteiger partial charge in [0.15, 0.2) is 0 Å². The van der Waals surface area contributed by atoms with Crippen LogP contribution in [-0.2, 0) is 6.18 Å². The summed E-state index contributed by atoms with van der Waals surface area (Å²) in [6.07, 6.45) is -3.60. The number of rotatable bonds is 2. The second-order valence-corrected chi connectivity index (χ2v) is 3.34. The maximum Gasteiger partial charge on any atom is 0.416 e. The molecule has 0 aliphatic rings. The van der Waals surface area contributed by atoms with Gasteiger partial charge < -0.3 is 0 Å². The van der Waals surface area contributed by atoms with Gasteiger partial charge in [-0.2, -0.15) is 13.2 Å². The smallest absolute Gasteiger partial charge is 0.166 e. The van der Waals surface area contributed by atoms with Crippen molar-refractivity contribution in [3.63, 3.8) is 0 Å². The molecule has 4 heteroatoms. The van der Waals surface area contributed by atoms with Gasteiger partial charge in [-0.1, -0.05) is 31.3 Å². The van der Waals surface area contributed by atoms with E-state index in [9.17, 15) is 13.2 Å². The Hall–Kier alpha value is -0.900. The Kier molecular flexibility index (Phi) is 3.26. The number of thiocarbonyl (C=S) groups is 1. The minimum Gasteiger partial charge on any atom is -0.166 e. The molecule has 76 valence electrons. The van der Waals surface area contributed by atoms with E-state index >= 15 is 0 Å². The minimum atomic E-state index is -4.27. The molecule has 1 rings (SSSR count). The highest BCUT2D eigenvalue weighted by Crippen LogP contribution is 2.29. The van der Waals surface area contributed by atoms with Crippen molar-refractivity contribution in [2.75, 3.05) is 0 Å². The van der Waals surface area contributed by atoms with Crippen LogP contribution in [0.2, 0.25) is 0 Å². The molecular formula is C10H9F3S. The van der Waals surface area contributed by atoms with Crippen molar-refractivity contribution in [1.29, 1.82) is 0 Å². The Morgan fingerprint density at radius 2 is 1.71 bits per heavy atom. The minimum absolute atomic E-state index is 0.639. The highest BCUT2D eigenvalue weighted by molar-refractivity contribution is 7.80. The van der Waals surface area contributed by atoms with Crippen LogP contribution in [0.3, 0.4) is 0 Å². The van der Waals surface area contributed by atoms with Crippen LogP contribution in [-0.4, -0.2) is 4.86 Å². The first-order valence-corrected chi connectivity index (χ1v) is 4.56. The van der Waals surface area contributed by atoms with Crippen molar-refractivity contribution in [2.24, 2.45) is 0 Å². The standard InChI is InChI=1S/C10H9F3S/c1-2-9(14)7-3-5-8(6-4-7)10(11,12)13/h3-6H,2H2,1H3. The van der Waals surface area contributed by atoms with Crippen LogP contribution in [0.5, 0.6) is 0 Å². The first kappa shape index (κ1) is 11.2. The monoisotopic (exact) mass is 218 g/mol. The summed E-state index contributed by atoms with van der Waals surface area (Å²) in [7, 11) is 0. The average Bonchev–Trinajstić information content (AvgIpc) is 2.15. The molecule has 0 spiro atoms. The predicted molar refractivity (Wildman–Crippen MR) is 53.4 cm³/mol. The Bertz CT molecular complexity index is 324. The fraction of sp³-hybridized carbons (Fsp3) is 0.300. The molecule has 0 saturated carbocycles. The summed E-state index contributed by atoms with van der Waals surface area (Å²) in [4.78, 5) is 0.679. The van der Waals surface area contributed by atoms with E-state index in [1.807, 2.05) is 6.92 Å². The van der Waals surface area contributed by atoms with Gasteiger partial charge >= 0.3 is 6.18 Å². The van der Waals surface area contributed by atoms with E-state index in [0.29, 0.717) is 16.8 Å².